The standard InChI is InChI=1S/C14H10ClFO2/c15-13-6-2-5-11(14(17)18)12(13)8-9-3-1-4-10(16)7-9/h1-7H,8H2,(H,17,18). The molecule has 2 aromatic carbocycles. The second kappa shape index (κ2) is 5.19. The van der Waals surface area contributed by atoms with Crippen LogP contribution in [0, 0.1) is 5.82 Å². The highest BCUT2D eigenvalue weighted by atomic mass is 35.5. The smallest absolute Gasteiger partial charge is 0.336 e. The van der Waals surface area contributed by atoms with Gasteiger partial charge in [0.15, 0.2) is 0 Å². The van der Waals surface area contributed by atoms with Gasteiger partial charge < -0.3 is 5.11 Å². The first kappa shape index (κ1) is 12.6. The number of benzene rings is 2. The van der Waals surface area contributed by atoms with E-state index in [0.29, 0.717) is 22.6 Å². The Balaban J connectivity index is 2.42. The van der Waals surface area contributed by atoms with Crippen molar-refractivity contribution in [2.75, 3.05) is 0 Å². The molecule has 1 N–H and O–H groups in total. The van der Waals surface area contributed by atoms with Crippen molar-refractivity contribution >= 4 is 17.6 Å². The van der Waals surface area contributed by atoms with Crippen molar-refractivity contribution in [2.45, 2.75) is 6.42 Å². The molecule has 0 bridgehead atoms. The minimum absolute atomic E-state index is 0.145. The van der Waals surface area contributed by atoms with Gasteiger partial charge in [-0.25, -0.2) is 9.18 Å². The van der Waals surface area contributed by atoms with Crippen LogP contribution in [0.3, 0.4) is 0 Å². The number of carbonyl (C=O) groups is 1. The summed E-state index contributed by atoms with van der Waals surface area (Å²) >= 11 is 6.01. The Morgan fingerprint density at radius 3 is 2.61 bits per heavy atom. The number of hydrogen-bond acceptors (Lipinski definition) is 1. The monoisotopic (exact) mass is 264 g/mol. The first-order valence-corrected chi connectivity index (χ1v) is 5.71. The number of halogens is 2. The minimum atomic E-state index is -1.04. The van der Waals surface area contributed by atoms with Crippen LogP contribution in [-0.2, 0) is 6.42 Å². The molecule has 0 aliphatic rings. The van der Waals surface area contributed by atoms with Crippen molar-refractivity contribution in [1.29, 1.82) is 0 Å². The molecule has 0 aromatic heterocycles. The van der Waals surface area contributed by atoms with Gasteiger partial charge in [0.25, 0.3) is 0 Å². The van der Waals surface area contributed by atoms with E-state index in [4.69, 9.17) is 16.7 Å². The quantitative estimate of drug-likeness (QED) is 0.916. The van der Waals surface area contributed by atoms with Gasteiger partial charge in [-0.05, 0) is 41.8 Å². The maximum Gasteiger partial charge on any atom is 0.336 e. The van der Waals surface area contributed by atoms with Crippen LogP contribution in [0.15, 0.2) is 42.5 Å². The van der Waals surface area contributed by atoms with Crippen LogP contribution in [0.4, 0.5) is 4.39 Å². The Morgan fingerprint density at radius 2 is 1.94 bits per heavy atom. The SMILES string of the molecule is O=C(O)c1cccc(Cl)c1Cc1cccc(F)c1. The highest BCUT2D eigenvalue weighted by Crippen LogP contribution is 2.23. The van der Waals surface area contributed by atoms with E-state index < -0.39 is 5.97 Å². The summed E-state index contributed by atoms with van der Waals surface area (Å²) in [6.45, 7) is 0. The van der Waals surface area contributed by atoms with Crippen LogP contribution in [0.25, 0.3) is 0 Å². The number of aromatic carboxylic acids is 1. The molecule has 92 valence electrons. The third kappa shape index (κ3) is 2.68. The summed E-state index contributed by atoms with van der Waals surface area (Å²) in [6, 6.07) is 10.7. The fourth-order valence-corrected chi connectivity index (χ4v) is 2.03. The highest BCUT2D eigenvalue weighted by molar-refractivity contribution is 6.31. The normalized spacial score (nSPS) is 10.3. The molecule has 2 nitrogen and oxygen atoms in total. The molecular formula is C14H10ClFO2. The molecule has 2 rings (SSSR count). The molecule has 0 saturated carbocycles. The molecule has 18 heavy (non-hydrogen) atoms. The fraction of sp³-hybridized carbons (Fsp3) is 0.0714. The van der Waals surface area contributed by atoms with E-state index in [2.05, 4.69) is 0 Å². The lowest BCUT2D eigenvalue weighted by Gasteiger charge is -2.08. The molecule has 0 aliphatic carbocycles. The first-order valence-electron chi connectivity index (χ1n) is 5.33. The Bertz CT molecular complexity index is 596. The van der Waals surface area contributed by atoms with Crippen molar-refractivity contribution in [1.82, 2.24) is 0 Å². The molecule has 0 heterocycles. The van der Waals surface area contributed by atoms with E-state index in [9.17, 15) is 9.18 Å². The summed E-state index contributed by atoms with van der Waals surface area (Å²) in [4.78, 5) is 11.1. The van der Waals surface area contributed by atoms with E-state index in [1.807, 2.05) is 0 Å². The van der Waals surface area contributed by atoms with Gasteiger partial charge in [0.2, 0.25) is 0 Å². The van der Waals surface area contributed by atoms with Crippen LogP contribution in [0.1, 0.15) is 21.5 Å². The molecule has 0 spiro atoms. The first-order chi connectivity index (χ1) is 8.58. The van der Waals surface area contributed by atoms with E-state index in [-0.39, 0.29) is 11.4 Å². The Morgan fingerprint density at radius 1 is 1.22 bits per heavy atom. The minimum Gasteiger partial charge on any atom is -0.478 e. The number of hydrogen-bond donors (Lipinski definition) is 1. The molecule has 0 atom stereocenters. The number of carboxylic acids is 1. The van der Waals surface area contributed by atoms with Crippen molar-refractivity contribution in [3.63, 3.8) is 0 Å². The molecule has 0 aliphatic heterocycles. The van der Waals surface area contributed by atoms with E-state index in [0.717, 1.165) is 0 Å². The van der Waals surface area contributed by atoms with Crippen molar-refractivity contribution in [2.24, 2.45) is 0 Å². The van der Waals surface area contributed by atoms with Crippen molar-refractivity contribution in [3.05, 3.63) is 70.0 Å². The van der Waals surface area contributed by atoms with Crippen LogP contribution in [0.5, 0.6) is 0 Å². The zero-order chi connectivity index (χ0) is 13.1. The number of carboxylic acid groups (broad SMARTS) is 1. The van der Waals surface area contributed by atoms with Crippen molar-refractivity contribution in [3.8, 4) is 0 Å². The molecule has 0 fully saturated rings. The van der Waals surface area contributed by atoms with E-state index in [1.165, 1.54) is 18.2 Å². The third-order valence-corrected chi connectivity index (χ3v) is 2.97. The van der Waals surface area contributed by atoms with E-state index in [1.54, 1.807) is 24.3 Å². The lowest BCUT2D eigenvalue weighted by molar-refractivity contribution is 0.0696. The van der Waals surface area contributed by atoms with Crippen molar-refractivity contribution < 1.29 is 14.3 Å². The lowest BCUT2D eigenvalue weighted by atomic mass is 9.99. The zero-order valence-corrected chi connectivity index (χ0v) is 10.1. The van der Waals surface area contributed by atoms with Gasteiger partial charge in [-0.3, -0.25) is 0 Å². The van der Waals surface area contributed by atoms with Crippen LogP contribution in [-0.4, -0.2) is 11.1 Å². The fourth-order valence-electron chi connectivity index (χ4n) is 1.79. The lowest BCUT2D eigenvalue weighted by Crippen LogP contribution is -2.03. The Kier molecular flexibility index (Phi) is 3.63. The molecule has 4 heteroatoms. The second-order valence-electron chi connectivity index (χ2n) is 3.88. The topological polar surface area (TPSA) is 37.3 Å². The third-order valence-electron chi connectivity index (χ3n) is 2.62. The highest BCUT2D eigenvalue weighted by Gasteiger charge is 2.13. The number of rotatable bonds is 3. The van der Waals surface area contributed by atoms with Gasteiger partial charge in [-0.2, -0.15) is 0 Å². The van der Waals surface area contributed by atoms with Crippen LogP contribution < -0.4 is 0 Å². The molecule has 2 aromatic rings. The van der Waals surface area contributed by atoms with Crippen LogP contribution >= 0.6 is 11.6 Å². The van der Waals surface area contributed by atoms with Gasteiger partial charge >= 0.3 is 5.97 Å². The van der Waals surface area contributed by atoms with E-state index >= 15 is 0 Å². The molecular weight excluding hydrogens is 255 g/mol. The molecule has 0 amide bonds. The van der Waals surface area contributed by atoms with Gasteiger partial charge in [0.05, 0.1) is 5.56 Å². The summed E-state index contributed by atoms with van der Waals surface area (Å²) in [5.41, 5.74) is 1.33. The average molecular weight is 265 g/mol. The van der Waals surface area contributed by atoms with Gasteiger partial charge in [0.1, 0.15) is 5.82 Å². The molecule has 0 saturated heterocycles. The molecule has 0 unspecified atom stereocenters. The zero-order valence-electron chi connectivity index (χ0n) is 9.36. The summed E-state index contributed by atoms with van der Waals surface area (Å²) < 4.78 is 13.1. The summed E-state index contributed by atoms with van der Waals surface area (Å²) in [5.74, 6) is -1.39. The Hall–Kier alpha value is -1.87. The Labute approximate surface area is 109 Å². The van der Waals surface area contributed by atoms with Gasteiger partial charge in [-0.1, -0.05) is 29.8 Å². The van der Waals surface area contributed by atoms with Gasteiger partial charge in [0, 0.05) is 5.02 Å². The summed E-state index contributed by atoms with van der Waals surface area (Å²) in [5, 5.41) is 9.46. The predicted octanol–water partition coefficient (Wildman–Crippen LogP) is 3.77. The molecule has 0 radical (unpaired) electrons. The maximum atomic E-state index is 13.1. The van der Waals surface area contributed by atoms with Crippen LogP contribution in [0.2, 0.25) is 5.02 Å². The summed E-state index contributed by atoms with van der Waals surface area (Å²) in [7, 11) is 0. The van der Waals surface area contributed by atoms with Gasteiger partial charge in [-0.15, -0.1) is 0 Å². The second-order valence-corrected chi connectivity index (χ2v) is 4.28. The average Bonchev–Trinajstić information content (AvgIpc) is 2.31. The maximum absolute atomic E-state index is 13.1. The summed E-state index contributed by atoms with van der Waals surface area (Å²) in [6.07, 6.45) is 0.291. The predicted molar refractivity (Wildman–Crippen MR) is 67.6 cm³/mol. The largest absolute Gasteiger partial charge is 0.478 e.